The first kappa shape index (κ1) is 11.8. The molecule has 1 aromatic heterocycles. The van der Waals surface area contributed by atoms with Crippen LogP contribution in [0.1, 0.15) is 30.0 Å². The van der Waals surface area contributed by atoms with E-state index in [2.05, 4.69) is 28.1 Å². The largest absolute Gasteiger partial charge is 0.481 e. The molecule has 94 valence electrons. The molecular formula is C14H14BrNO2. The summed E-state index contributed by atoms with van der Waals surface area (Å²) in [5.41, 5.74) is 3.32. The van der Waals surface area contributed by atoms with Crippen molar-refractivity contribution in [2.45, 2.75) is 25.2 Å². The molecule has 1 N–H and O–H groups in total. The Bertz CT molecular complexity index is 645. The molecule has 2 aromatic rings. The molecule has 1 aliphatic carbocycles. The van der Waals surface area contributed by atoms with Crippen molar-refractivity contribution in [1.82, 2.24) is 4.57 Å². The van der Waals surface area contributed by atoms with Gasteiger partial charge in [-0.05, 0) is 37.0 Å². The predicted molar refractivity (Wildman–Crippen MR) is 73.9 cm³/mol. The highest BCUT2D eigenvalue weighted by molar-refractivity contribution is 9.10. The summed E-state index contributed by atoms with van der Waals surface area (Å²) in [6.07, 6.45) is 2.69. The number of halogens is 1. The van der Waals surface area contributed by atoms with Crippen LogP contribution in [-0.2, 0) is 18.3 Å². The van der Waals surface area contributed by atoms with E-state index in [9.17, 15) is 9.90 Å². The molecule has 18 heavy (non-hydrogen) atoms. The standard InChI is InChI=1S/C14H14BrNO2/c1-16-12-7-8(15)5-6-9(12)10-3-2-4-11(13(10)16)14(17)18/h5-7,11H,2-4H2,1H3,(H,17,18). The van der Waals surface area contributed by atoms with Gasteiger partial charge >= 0.3 is 5.97 Å². The van der Waals surface area contributed by atoms with Gasteiger partial charge in [-0.15, -0.1) is 0 Å². The Morgan fingerprint density at radius 1 is 1.50 bits per heavy atom. The van der Waals surface area contributed by atoms with E-state index in [1.165, 1.54) is 10.9 Å². The van der Waals surface area contributed by atoms with Gasteiger partial charge in [-0.2, -0.15) is 0 Å². The number of aliphatic carboxylic acids is 1. The number of carboxylic acids is 1. The van der Waals surface area contributed by atoms with Crippen LogP contribution in [-0.4, -0.2) is 15.6 Å². The van der Waals surface area contributed by atoms with E-state index < -0.39 is 5.97 Å². The molecule has 0 spiro atoms. The third kappa shape index (κ3) is 1.59. The number of aryl methyl sites for hydroxylation is 2. The smallest absolute Gasteiger partial charge is 0.312 e. The molecule has 4 heteroatoms. The molecule has 1 aliphatic rings. The average molecular weight is 308 g/mol. The van der Waals surface area contributed by atoms with E-state index in [4.69, 9.17) is 0 Å². The molecule has 0 aliphatic heterocycles. The Balaban J connectivity index is 2.33. The lowest BCUT2D eigenvalue weighted by Gasteiger charge is -2.20. The number of benzene rings is 1. The first-order valence-electron chi connectivity index (χ1n) is 6.09. The molecule has 0 fully saturated rings. The monoisotopic (exact) mass is 307 g/mol. The summed E-state index contributed by atoms with van der Waals surface area (Å²) in [5, 5.41) is 10.6. The van der Waals surface area contributed by atoms with Crippen molar-refractivity contribution in [3.8, 4) is 0 Å². The van der Waals surface area contributed by atoms with Crippen molar-refractivity contribution >= 4 is 32.8 Å². The van der Waals surface area contributed by atoms with Gasteiger partial charge in [-0.1, -0.05) is 22.0 Å². The molecule has 0 saturated heterocycles. The van der Waals surface area contributed by atoms with E-state index in [0.29, 0.717) is 0 Å². The highest BCUT2D eigenvalue weighted by atomic mass is 79.9. The third-order valence-electron chi connectivity index (χ3n) is 3.86. The van der Waals surface area contributed by atoms with E-state index in [1.54, 1.807) is 0 Å². The fourth-order valence-corrected chi connectivity index (χ4v) is 3.42. The summed E-state index contributed by atoms with van der Waals surface area (Å²) in [6, 6.07) is 6.17. The Morgan fingerprint density at radius 2 is 2.28 bits per heavy atom. The van der Waals surface area contributed by atoms with Crippen LogP contribution in [0.4, 0.5) is 0 Å². The average Bonchev–Trinajstić information content (AvgIpc) is 2.63. The van der Waals surface area contributed by atoms with Crippen LogP contribution in [0.5, 0.6) is 0 Å². The summed E-state index contributed by atoms with van der Waals surface area (Å²) in [4.78, 5) is 11.4. The molecule has 1 aromatic carbocycles. The molecule has 0 bridgehead atoms. The molecule has 1 unspecified atom stereocenters. The maximum Gasteiger partial charge on any atom is 0.312 e. The molecule has 3 rings (SSSR count). The first-order valence-corrected chi connectivity index (χ1v) is 6.88. The lowest BCUT2D eigenvalue weighted by Crippen LogP contribution is -2.20. The van der Waals surface area contributed by atoms with Crippen LogP contribution in [0.15, 0.2) is 22.7 Å². The van der Waals surface area contributed by atoms with Gasteiger partial charge in [0.15, 0.2) is 0 Å². The van der Waals surface area contributed by atoms with Crippen molar-refractivity contribution in [1.29, 1.82) is 0 Å². The molecule has 0 saturated carbocycles. The van der Waals surface area contributed by atoms with E-state index in [0.717, 1.165) is 34.9 Å². The number of hydrogen-bond donors (Lipinski definition) is 1. The van der Waals surface area contributed by atoms with E-state index in [-0.39, 0.29) is 5.92 Å². The van der Waals surface area contributed by atoms with Gasteiger partial charge in [0.1, 0.15) is 0 Å². The second kappa shape index (κ2) is 4.12. The van der Waals surface area contributed by atoms with Gasteiger partial charge in [0.05, 0.1) is 5.92 Å². The Kier molecular flexibility index (Phi) is 2.70. The van der Waals surface area contributed by atoms with Crippen molar-refractivity contribution in [3.05, 3.63) is 33.9 Å². The summed E-state index contributed by atoms with van der Waals surface area (Å²) in [5.74, 6) is -1.06. The zero-order valence-electron chi connectivity index (χ0n) is 10.1. The third-order valence-corrected chi connectivity index (χ3v) is 4.36. The van der Waals surface area contributed by atoms with Gasteiger partial charge in [-0.3, -0.25) is 4.79 Å². The fraction of sp³-hybridized carbons (Fsp3) is 0.357. The highest BCUT2D eigenvalue weighted by Crippen LogP contribution is 2.38. The number of carboxylic acid groups (broad SMARTS) is 1. The number of hydrogen-bond acceptors (Lipinski definition) is 1. The number of aromatic nitrogens is 1. The van der Waals surface area contributed by atoms with Crippen molar-refractivity contribution < 1.29 is 9.90 Å². The lowest BCUT2D eigenvalue weighted by atomic mass is 9.87. The summed E-state index contributed by atoms with van der Waals surface area (Å²) >= 11 is 3.47. The number of carbonyl (C=O) groups is 1. The fourth-order valence-electron chi connectivity index (χ4n) is 3.07. The van der Waals surface area contributed by atoms with Crippen molar-refractivity contribution in [3.63, 3.8) is 0 Å². The number of fused-ring (bicyclic) bond motifs is 3. The van der Waals surface area contributed by atoms with Crippen LogP contribution in [0.2, 0.25) is 0 Å². The SMILES string of the molecule is Cn1c2c(c3ccc(Br)cc31)CCCC2C(=O)O. The zero-order valence-corrected chi connectivity index (χ0v) is 11.7. The Labute approximate surface area is 114 Å². The van der Waals surface area contributed by atoms with Crippen LogP contribution in [0.25, 0.3) is 10.9 Å². The normalized spacial score (nSPS) is 18.9. The zero-order chi connectivity index (χ0) is 12.9. The predicted octanol–water partition coefficient (Wildman–Crippen LogP) is 3.45. The number of nitrogens with zero attached hydrogens (tertiary/aromatic N) is 1. The second-order valence-corrected chi connectivity index (χ2v) is 5.78. The van der Waals surface area contributed by atoms with Crippen LogP contribution >= 0.6 is 15.9 Å². The Morgan fingerprint density at radius 3 is 3.00 bits per heavy atom. The summed E-state index contributed by atoms with van der Waals surface area (Å²) < 4.78 is 3.08. The van der Waals surface area contributed by atoms with Gasteiger partial charge in [-0.25, -0.2) is 0 Å². The molecular weight excluding hydrogens is 294 g/mol. The lowest BCUT2D eigenvalue weighted by molar-refractivity contribution is -0.139. The maximum atomic E-state index is 11.4. The van der Waals surface area contributed by atoms with Gasteiger partial charge in [0.25, 0.3) is 0 Å². The number of rotatable bonds is 1. The van der Waals surface area contributed by atoms with Crippen LogP contribution in [0, 0.1) is 0 Å². The minimum absolute atomic E-state index is 0.357. The van der Waals surface area contributed by atoms with Crippen molar-refractivity contribution in [2.75, 3.05) is 0 Å². The quantitative estimate of drug-likeness (QED) is 0.877. The Hall–Kier alpha value is -1.29. The van der Waals surface area contributed by atoms with Gasteiger partial charge in [0, 0.05) is 28.1 Å². The van der Waals surface area contributed by atoms with Crippen LogP contribution < -0.4 is 0 Å². The molecule has 1 atom stereocenters. The van der Waals surface area contributed by atoms with Gasteiger partial charge in [0.2, 0.25) is 0 Å². The topological polar surface area (TPSA) is 42.2 Å². The molecule has 1 heterocycles. The summed E-state index contributed by atoms with van der Waals surface area (Å²) in [6.45, 7) is 0. The summed E-state index contributed by atoms with van der Waals surface area (Å²) in [7, 11) is 1.97. The first-order chi connectivity index (χ1) is 8.59. The highest BCUT2D eigenvalue weighted by Gasteiger charge is 2.31. The maximum absolute atomic E-state index is 11.4. The molecule has 0 amide bonds. The minimum atomic E-state index is -0.707. The van der Waals surface area contributed by atoms with E-state index in [1.807, 2.05) is 17.7 Å². The van der Waals surface area contributed by atoms with E-state index >= 15 is 0 Å². The second-order valence-electron chi connectivity index (χ2n) is 4.87. The molecule has 0 radical (unpaired) electrons. The van der Waals surface area contributed by atoms with Crippen LogP contribution in [0.3, 0.4) is 0 Å². The van der Waals surface area contributed by atoms with Gasteiger partial charge < -0.3 is 9.67 Å². The minimum Gasteiger partial charge on any atom is -0.481 e. The van der Waals surface area contributed by atoms with Crippen molar-refractivity contribution in [2.24, 2.45) is 7.05 Å². The molecule has 3 nitrogen and oxygen atoms in total.